The number of aliphatic hydroxyl groups excluding tert-OH is 1. The van der Waals surface area contributed by atoms with Crippen molar-refractivity contribution in [3.63, 3.8) is 0 Å². The van der Waals surface area contributed by atoms with Gasteiger partial charge in [0.2, 0.25) is 5.28 Å². The predicted molar refractivity (Wildman–Crippen MR) is 175 cm³/mol. The minimum Gasteiger partial charge on any atom is -0.465 e. The highest BCUT2D eigenvalue weighted by molar-refractivity contribution is 7.63. The average molecular weight is 739 g/mol. The number of phosphoric ester groups is 1. The van der Waals surface area contributed by atoms with Crippen LogP contribution in [0.4, 0.5) is 10.2 Å². The Balaban J connectivity index is 0.000000804. The number of alkyl halides is 1. The van der Waals surface area contributed by atoms with E-state index in [0.717, 1.165) is 16.8 Å². The summed E-state index contributed by atoms with van der Waals surface area (Å²) in [4.78, 5) is 34.1. The number of esters is 1. The van der Waals surface area contributed by atoms with Crippen LogP contribution in [-0.4, -0.2) is 73.1 Å². The van der Waals surface area contributed by atoms with Crippen LogP contribution in [0.15, 0.2) is 36.7 Å². The van der Waals surface area contributed by atoms with Crippen LogP contribution in [-0.2, 0) is 32.2 Å². The minimum atomic E-state index is -5.27. The molecule has 48 heavy (non-hydrogen) atoms. The molecule has 268 valence electrons. The lowest BCUT2D eigenvalue weighted by molar-refractivity contribution is -0.144. The van der Waals surface area contributed by atoms with E-state index in [1.165, 1.54) is 50.5 Å². The van der Waals surface area contributed by atoms with Gasteiger partial charge in [0.25, 0.3) is 0 Å². The fourth-order valence-electron chi connectivity index (χ4n) is 4.60. The number of rotatable bonds is 15. The van der Waals surface area contributed by atoms with E-state index in [4.69, 9.17) is 40.2 Å². The molecule has 5 N–H and O–H groups in total. The summed E-state index contributed by atoms with van der Waals surface area (Å²) in [5.74, 6) is 0.0395. The molecular formula is C28H42ClFN6O10P2. The van der Waals surface area contributed by atoms with Crippen LogP contribution >= 0.6 is 27.2 Å². The van der Waals surface area contributed by atoms with Gasteiger partial charge in [-0.25, -0.2) is 18.5 Å². The lowest BCUT2D eigenvalue weighted by atomic mass is 10.0. The van der Waals surface area contributed by atoms with Crippen molar-refractivity contribution in [2.75, 3.05) is 18.9 Å². The first-order chi connectivity index (χ1) is 22.7. The predicted octanol–water partition coefficient (Wildman–Crippen LogP) is 5.35. The van der Waals surface area contributed by atoms with Crippen LogP contribution in [0, 0.1) is 5.92 Å². The zero-order valence-corrected chi connectivity index (χ0v) is 29.7. The molecule has 0 aliphatic carbocycles. The van der Waals surface area contributed by atoms with Gasteiger partial charge < -0.3 is 29.7 Å². The number of imidazole rings is 1. The monoisotopic (exact) mass is 738 g/mol. The highest BCUT2D eigenvalue weighted by atomic mass is 35.5. The third-order valence-corrected chi connectivity index (χ3v) is 10.8. The molecule has 16 nitrogen and oxygen atoms in total. The third-order valence-electron chi connectivity index (χ3n) is 7.29. The number of nitrogen functional groups attached to an aromatic ring is 1. The summed E-state index contributed by atoms with van der Waals surface area (Å²) >= 11 is 5.84. The second kappa shape index (κ2) is 17.8. The number of para-hydroxylation sites is 1. The Morgan fingerprint density at radius 2 is 1.81 bits per heavy atom. The van der Waals surface area contributed by atoms with E-state index < -0.39 is 58.8 Å². The molecule has 1 aliphatic heterocycles. The van der Waals surface area contributed by atoms with Gasteiger partial charge in [-0.2, -0.15) is 19.4 Å². The number of nitrogens with one attached hydrogen (secondary N) is 1. The van der Waals surface area contributed by atoms with Crippen molar-refractivity contribution < 1.29 is 51.1 Å². The summed E-state index contributed by atoms with van der Waals surface area (Å²) in [6.07, 6.45) is -1.73. The zero-order valence-electron chi connectivity index (χ0n) is 27.1. The fourth-order valence-corrected chi connectivity index (χ4v) is 7.73. The summed E-state index contributed by atoms with van der Waals surface area (Å²) in [5, 5.41) is 12.4. The number of aliphatic hydroxyl groups is 1. The van der Waals surface area contributed by atoms with Gasteiger partial charge >= 0.3 is 21.5 Å². The van der Waals surface area contributed by atoms with E-state index in [1.54, 1.807) is 13.0 Å². The fraction of sp³-hybridized carbons (Fsp3) is 0.571. The first kappa shape index (κ1) is 39.7. The molecule has 3 heterocycles. The molecule has 7 atom stereocenters. The van der Waals surface area contributed by atoms with Crippen LogP contribution in [0.2, 0.25) is 5.28 Å². The van der Waals surface area contributed by atoms with Crippen LogP contribution in [0.5, 0.6) is 5.75 Å². The van der Waals surface area contributed by atoms with Gasteiger partial charge in [-0.05, 0) is 43.5 Å². The van der Waals surface area contributed by atoms with Crippen LogP contribution < -0.4 is 15.3 Å². The lowest BCUT2D eigenvalue weighted by Gasteiger charge is -2.24. The maximum atomic E-state index is 15.1. The van der Waals surface area contributed by atoms with E-state index in [2.05, 4.69) is 40.8 Å². The average Bonchev–Trinajstić information content (AvgIpc) is 3.57. The highest BCUT2D eigenvalue weighted by Gasteiger charge is 2.48. The summed E-state index contributed by atoms with van der Waals surface area (Å²) in [6, 6.07) is 6.16. The van der Waals surface area contributed by atoms with Gasteiger partial charge in [0.1, 0.15) is 29.5 Å². The molecule has 20 heteroatoms. The number of fused-ring (bicyclic) bond motifs is 1. The molecule has 0 spiro atoms. The van der Waals surface area contributed by atoms with Crippen molar-refractivity contribution in [1.29, 1.82) is 0 Å². The SMILES string of the molecule is CCC(CC)CC.CCOC(=O)[C@H](C)NP(=O)(Oc1ccccc1)OP(=O)(O)OC[C@H]1O[C@@H](n2cnc3c(N)nc(Cl)nc32)[C@H](F)C1O. The number of nitrogens with two attached hydrogens (primary N) is 1. The molecule has 2 aromatic heterocycles. The number of ether oxygens (including phenoxy) is 2. The maximum Gasteiger partial charge on any atom is 0.481 e. The quantitative estimate of drug-likeness (QED) is 0.0877. The van der Waals surface area contributed by atoms with Gasteiger partial charge in [0, 0.05) is 0 Å². The number of phosphoric acid groups is 1. The van der Waals surface area contributed by atoms with Crippen LogP contribution in [0.3, 0.4) is 0 Å². The Hall–Kier alpha value is -2.72. The topological polar surface area (TPSA) is 219 Å². The second-order valence-corrected chi connectivity index (χ2v) is 14.3. The smallest absolute Gasteiger partial charge is 0.465 e. The number of benzene rings is 1. The first-order valence-corrected chi connectivity index (χ1v) is 18.7. The summed E-state index contributed by atoms with van der Waals surface area (Å²) in [5.41, 5.74) is 5.88. The summed E-state index contributed by atoms with van der Waals surface area (Å²) < 4.78 is 67.8. The Bertz CT molecular complexity index is 1580. The van der Waals surface area contributed by atoms with Gasteiger partial charge in [0.05, 0.1) is 19.5 Å². The summed E-state index contributed by atoms with van der Waals surface area (Å²) in [6.45, 7) is 8.72. The molecule has 1 aliphatic rings. The highest BCUT2D eigenvalue weighted by Crippen LogP contribution is 2.60. The first-order valence-electron chi connectivity index (χ1n) is 15.3. The number of hydrogen-bond donors (Lipinski definition) is 4. The van der Waals surface area contributed by atoms with E-state index in [-0.39, 0.29) is 34.6 Å². The number of nitrogens with zero attached hydrogens (tertiary/aromatic N) is 4. The molecule has 0 amide bonds. The van der Waals surface area contributed by atoms with Gasteiger partial charge in [0.15, 0.2) is 23.9 Å². The van der Waals surface area contributed by atoms with E-state index in [9.17, 15) is 23.9 Å². The van der Waals surface area contributed by atoms with Crippen LogP contribution in [0.1, 0.15) is 60.1 Å². The summed E-state index contributed by atoms with van der Waals surface area (Å²) in [7, 11) is -10.1. The van der Waals surface area contributed by atoms with E-state index >= 15 is 4.39 Å². The van der Waals surface area contributed by atoms with E-state index in [1.807, 2.05) is 0 Å². The molecule has 1 saturated heterocycles. The number of hydrogen-bond acceptors (Lipinski definition) is 13. The molecule has 0 bridgehead atoms. The largest absolute Gasteiger partial charge is 0.481 e. The van der Waals surface area contributed by atoms with Crippen LogP contribution in [0.25, 0.3) is 11.2 Å². The number of aromatic nitrogens is 4. The molecular weight excluding hydrogens is 697 g/mol. The third kappa shape index (κ3) is 10.6. The van der Waals surface area contributed by atoms with Crippen molar-refractivity contribution >= 4 is 50.1 Å². The van der Waals surface area contributed by atoms with Crippen molar-refractivity contribution in [3.8, 4) is 5.75 Å². The Kier molecular flexibility index (Phi) is 14.7. The standard InChI is InChI=1S/C21H26ClFN6O10P2.C7H16/c1-3-35-20(31)11(2)28-40(32,38-12-7-5-4-6-8-12)39-41(33,34)36-9-13-16(30)14(23)19(37-13)29-10-25-15-17(24)26-21(22)27-18(15)29;1-4-7(5-2)6-3/h4-8,10-11,13-14,16,19,30H,3,9H2,1-2H3,(H,28,32)(H,33,34)(H2,24,26,27);7H,4-6H2,1-3H3/t11-,13+,14+,16?,19+,40?;/m0./s1. The Labute approximate surface area is 282 Å². The minimum absolute atomic E-state index is 0.0136. The molecule has 1 aromatic carbocycles. The molecule has 3 aromatic rings. The molecule has 3 unspecified atom stereocenters. The lowest BCUT2D eigenvalue weighted by Crippen LogP contribution is -2.35. The van der Waals surface area contributed by atoms with Crippen molar-refractivity contribution in [1.82, 2.24) is 24.6 Å². The Morgan fingerprint density at radius 1 is 1.17 bits per heavy atom. The number of anilines is 1. The van der Waals surface area contributed by atoms with Gasteiger partial charge in [-0.3, -0.25) is 13.9 Å². The number of halogens is 2. The zero-order chi connectivity index (χ0) is 35.6. The second-order valence-electron chi connectivity index (χ2n) is 10.6. The normalized spacial score (nSPS) is 22.4. The molecule has 1 fully saturated rings. The molecule has 0 saturated carbocycles. The van der Waals surface area contributed by atoms with Crippen molar-refractivity contribution in [3.05, 3.63) is 41.9 Å². The van der Waals surface area contributed by atoms with Crippen molar-refractivity contribution in [2.45, 2.75) is 84.5 Å². The molecule has 4 rings (SSSR count). The van der Waals surface area contributed by atoms with Gasteiger partial charge in [-0.15, -0.1) is 0 Å². The number of carbonyl (C=O) groups is 1. The maximum absolute atomic E-state index is 15.1. The Morgan fingerprint density at radius 3 is 2.40 bits per heavy atom. The molecule has 0 radical (unpaired) electrons. The van der Waals surface area contributed by atoms with E-state index in [0.29, 0.717) is 0 Å². The van der Waals surface area contributed by atoms with Crippen molar-refractivity contribution in [2.24, 2.45) is 5.92 Å². The van der Waals surface area contributed by atoms with Gasteiger partial charge in [-0.1, -0.05) is 58.2 Å². The number of carbonyl (C=O) groups excluding carboxylic acids is 1.